The van der Waals surface area contributed by atoms with Crippen molar-refractivity contribution in [2.75, 3.05) is 0 Å². The zero-order valence-electron chi connectivity index (χ0n) is 11.1. The minimum absolute atomic E-state index is 0.00732. The number of nitrogens with zero attached hydrogens (tertiary/aromatic N) is 2. The lowest BCUT2D eigenvalue weighted by Gasteiger charge is -2.06. The van der Waals surface area contributed by atoms with Gasteiger partial charge in [0.25, 0.3) is 0 Å². The van der Waals surface area contributed by atoms with E-state index in [2.05, 4.69) is 5.10 Å². The van der Waals surface area contributed by atoms with Gasteiger partial charge >= 0.3 is 5.97 Å². The van der Waals surface area contributed by atoms with Gasteiger partial charge in [-0.2, -0.15) is 5.10 Å². The van der Waals surface area contributed by atoms with Crippen molar-refractivity contribution in [3.8, 4) is 0 Å². The molecule has 0 spiro atoms. The fourth-order valence-corrected chi connectivity index (χ4v) is 3.13. The number of hydrogen-bond acceptors (Lipinski definition) is 4. The Bertz CT molecular complexity index is 762. The van der Waals surface area contributed by atoms with Gasteiger partial charge in [0.15, 0.2) is 9.84 Å². The molecule has 0 aliphatic carbocycles. The van der Waals surface area contributed by atoms with Crippen LogP contribution in [0.3, 0.4) is 0 Å². The molecule has 1 aromatic heterocycles. The molecule has 0 aliphatic heterocycles. The zero-order valence-corrected chi connectivity index (χ0v) is 11.9. The fourth-order valence-electron chi connectivity index (χ4n) is 1.84. The maximum Gasteiger partial charge on any atom is 0.335 e. The lowest BCUT2D eigenvalue weighted by Crippen LogP contribution is -2.08. The van der Waals surface area contributed by atoms with Crippen molar-refractivity contribution < 1.29 is 18.3 Å². The molecule has 0 fully saturated rings. The monoisotopic (exact) mass is 294 g/mol. The predicted molar refractivity (Wildman–Crippen MR) is 72.2 cm³/mol. The van der Waals surface area contributed by atoms with Crippen molar-refractivity contribution in [1.29, 1.82) is 0 Å². The highest BCUT2D eigenvalue weighted by Gasteiger charge is 2.19. The molecule has 7 heteroatoms. The van der Waals surface area contributed by atoms with Crippen LogP contribution in [-0.2, 0) is 22.6 Å². The van der Waals surface area contributed by atoms with Crippen LogP contribution in [0.2, 0.25) is 0 Å². The molecule has 106 valence electrons. The number of carboxylic acid groups (broad SMARTS) is 1. The van der Waals surface area contributed by atoms with Crippen LogP contribution in [0.4, 0.5) is 0 Å². The lowest BCUT2D eigenvalue weighted by molar-refractivity contribution is 0.0696. The molecule has 0 bridgehead atoms. The Hall–Kier alpha value is -2.15. The highest BCUT2D eigenvalue weighted by Crippen LogP contribution is 2.19. The van der Waals surface area contributed by atoms with Gasteiger partial charge in [0.05, 0.1) is 21.9 Å². The fraction of sp³-hybridized carbons (Fsp3) is 0.231. The van der Waals surface area contributed by atoms with Gasteiger partial charge in [0.1, 0.15) is 0 Å². The summed E-state index contributed by atoms with van der Waals surface area (Å²) in [6.07, 6.45) is 1.66. The second-order valence-corrected chi connectivity index (χ2v) is 6.51. The maximum absolute atomic E-state index is 12.3. The van der Waals surface area contributed by atoms with Gasteiger partial charge in [-0.25, -0.2) is 13.2 Å². The van der Waals surface area contributed by atoms with Gasteiger partial charge in [-0.1, -0.05) is 6.07 Å². The normalized spacial score (nSPS) is 11.5. The third-order valence-electron chi connectivity index (χ3n) is 2.91. The average molecular weight is 294 g/mol. The molecule has 0 amide bonds. The van der Waals surface area contributed by atoms with E-state index >= 15 is 0 Å². The molecule has 20 heavy (non-hydrogen) atoms. The Morgan fingerprint density at radius 3 is 2.60 bits per heavy atom. The van der Waals surface area contributed by atoms with Gasteiger partial charge in [-0.05, 0) is 30.7 Å². The van der Waals surface area contributed by atoms with E-state index in [-0.39, 0.29) is 16.2 Å². The first-order valence-electron chi connectivity index (χ1n) is 5.85. The molecule has 0 aliphatic rings. The van der Waals surface area contributed by atoms with Crippen molar-refractivity contribution in [2.24, 2.45) is 7.05 Å². The van der Waals surface area contributed by atoms with Crippen molar-refractivity contribution in [1.82, 2.24) is 9.78 Å². The number of benzene rings is 1. The largest absolute Gasteiger partial charge is 0.478 e. The molecular weight excluding hydrogens is 280 g/mol. The van der Waals surface area contributed by atoms with Crippen molar-refractivity contribution in [3.63, 3.8) is 0 Å². The summed E-state index contributed by atoms with van der Waals surface area (Å²) in [5, 5.41) is 13.1. The third kappa shape index (κ3) is 2.88. The van der Waals surface area contributed by atoms with Gasteiger partial charge in [-0.3, -0.25) is 4.68 Å². The summed E-state index contributed by atoms with van der Waals surface area (Å²) in [6, 6.07) is 5.72. The van der Waals surface area contributed by atoms with Crippen LogP contribution in [0, 0.1) is 6.92 Å². The van der Waals surface area contributed by atoms with E-state index in [4.69, 9.17) is 5.11 Å². The number of carboxylic acids is 1. The number of hydrogen-bond donors (Lipinski definition) is 1. The smallest absolute Gasteiger partial charge is 0.335 e. The van der Waals surface area contributed by atoms with Crippen LogP contribution in [0.1, 0.15) is 21.6 Å². The van der Waals surface area contributed by atoms with Crippen LogP contribution in [-0.4, -0.2) is 29.3 Å². The third-order valence-corrected chi connectivity index (χ3v) is 4.55. The molecule has 0 radical (unpaired) electrons. The van der Waals surface area contributed by atoms with Crippen molar-refractivity contribution in [2.45, 2.75) is 17.6 Å². The molecule has 2 aromatic rings. The van der Waals surface area contributed by atoms with Crippen LogP contribution in [0.5, 0.6) is 0 Å². The molecule has 1 N–H and O–H groups in total. The topological polar surface area (TPSA) is 89.3 Å². The zero-order chi connectivity index (χ0) is 14.9. The Morgan fingerprint density at radius 1 is 1.35 bits per heavy atom. The van der Waals surface area contributed by atoms with E-state index in [9.17, 15) is 13.2 Å². The van der Waals surface area contributed by atoms with E-state index in [1.165, 1.54) is 22.9 Å². The van der Waals surface area contributed by atoms with Gasteiger partial charge < -0.3 is 5.11 Å². The van der Waals surface area contributed by atoms with E-state index < -0.39 is 15.8 Å². The van der Waals surface area contributed by atoms with Gasteiger partial charge in [0, 0.05) is 13.2 Å². The summed E-state index contributed by atoms with van der Waals surface area (Å²) in [4.78, 5) is 11.0. The first kappa shape index (κ1) is 14.3. The molecule has 0 saturated heterocycles. The maximum atomic E-state index is 12.3. The number of aromatic carboxylic acids is 1. The standard InChI is InChI=1S/C13H14N2O4S/c1-9-3-4-11(7-12(9)13(16)17)20(18,19)8-10-5-6-15(2)14-10/h3-7H,8H2,1-2H3,(H,16,17). The Balaban J connectivity index is 2.39. The van der Waals surface area contributed by atoms with E-state index in [1.807, 2.05) is 0 Å². The summed E-state index contributed by atoms with van der Waals surface area (Å²) in [7, 11) is -1.91. The molecule has 0 unspecified atom stereocenters. The lowest BCUT2D eigenvalue weighted by atomic mass is 10.1. The average Bonchev–Trinajstić information content (AvgIpc) is 2.73. The number of aromatic nitrogens is 2. The molecule has 1 aromatic carbocycles. The predicted octanol–water partition coefficient (Wildman–Crippen LogP) is 1.40. The molecule has 2 rings (SSSR count). The van der Waals surface area contributed by atoms with Crippen LogP contribution >= 0.6 is 0 Å². The van der Waals surface area contributed by atoms with E-state index in [0.29, 0.717) is 11.3 Å². The Labute approximate surface area is 116 Å². The highest BCUT2D eigenvalue weighted by atomic mass is 32.2. The van der Waals surface area contributed by atoms with Crippen molar-refractivity contribution >= 4 is 15.8 Å². The number of carbonyl (C=O) groups is 1. The van der Waals surface area contributed by atoms with Crippen LogP contribution in [0.15, 0.2) is 35.4 Å². The number of aryl methyl sites for hydroxylation is 2. The molecule has 1 heterocycles. The number of sulfone groups is 1. The summed E-state index contributed by atoms with van der Waals surface area (Å²) in [6.45, 7) is 1.62. The van der Waals surface area contributed by atoms with E-state index in [1.54, 1.807) is 26.2 Å². The summed E-state index contributed by atoms with van der Waals surface area (Å²) >= 11 is 0. The summed E-state index contributed by atoms with van der Waals surface area (Å²) in [5.74, 6) is -1.40. The first-order valence-corrected chi connectivity index (χ1v) is 7.50. The Kier molecular flexibility index (Phi) is 3.63. The second-order valence-electron chi connectivity index (χ2n) is 4.52. The van der Waals surface area contributed by atoms with Gasteiger partial charge in [-0.15, -0.1) is 0 Å². The van der Waals surface area contributed by atoms with Gasteiger partial charge in [0.2, 0.25) is 0 Å². The number of rotatable bonds is 4. The molecule has 6 nitrogen and oxygen atoms in total. The molecule has 0 atom stereocenters. The minimum atomic E-state index is -3.61. The highest BCUT2D eigenvalue weighted by molar-refractivity contribution is 7.90. The van der Waals surface area contributed by atoms with Crippen LogP contribution in [0.25, 0.3) is 0 Å². The quantitative estimate of drug-likeness (QED) is 0.920. The SMILES string of the molecule is Cc1ccc(S(=O)(=O)Cc2ccn(C)n2)cc1C(=O)O. The summed E-state index contributed by atoms with van der Waals surface area (Å²) in [5.41, 5.74) is 0.936. The Morgan fingerprint density at radius 2 is 2.05 bits per heavy atom. The van der Waals surface area contributed by atoms with Crippen molar-refractivity contribution in [3.05, 3.63) is 47.3 Å². The first-order chi connectivity index (χ1) is 9.29. The summed E-state index contributed by atoms with van der Waals surface area (Å²) < 4.78 is 26.0. The van der Waals surface area contributed by atoms with E-state index in [0.717, 1.165) is 0 Å². The molecular formula is C13H14N2O4S. The molecule has 0 saturated carbocycles. The second kappa shape index (κ2) is 5.09. The van der Waals surface area contributed by atoms with Crippen LogP contribution < -0.4 is 0 Å². The minimum Gasteiger partial charge on any atom is -0.478 e.